The molecule has 0 aliphatic carbocycles. The summed E-state index contributed by atoms with van der Waals surface area (Å²) in [6.45, 7) is 3.26. The molecule has 2 aliphatic heterocycles. The van der Waals surface area contributed by atoms with Crippen LogP contribution >= 0.6 is 0 Å². The highest BCUT2D eigenvalue weighted by Crippen LogP contribution is 2.31. The van der Waals surface area contributed by atoms with Crippen LogP contribution in [0.1, 0.15) is 44.6 Å². The normalized spacial score (nSPS) is 28.1. The van der Waals surface area contributed by atoms with Gasteiger partial charge in [-0.05, 0) is 44.2 Å². The summed E-state index contributed by atoms with van der Waals surface area (Å²) >= 11 is 0. The number of nitrogens with one attached hydrogen (secondary N) is 1. The van der Waals surface area contributed by atoms with Crippen LogP contribution in [-0.4, -0.2) is 29.7 Å². The lowest BCUT2D eigenvalue weighted by molar-refractivity contribution is 0.345. The van der Waals surface area contributed by atoms with E-state index in [9.17, 15) is 0 Å². The van der Waals surface area contributed by atoms with Gasteiger partial charge in [0, 0.05) is 30.9 Å². The predicted octanol–water partition coefficient (Wildman–Crippen LogP) is 2.45. The molecule has 1 aromatic heterocycles. The number of hydrogen-bond donors (Lipinski definition) is 1. The van der Waals surface area contributed by atoms with Gasteiger partial charge in [-0.2, -0.15) is 5.26 Å². The Morgan fingerprint density at radius 2 is 2.10 bits per heavy atom. The number of anilines is 1. The number of nitriles is 1. The van der Waals surface area contributed by atoms with Gasteiger partial charge >= 0.3 is 0 Å². The van der Waals surface area contributed by atoms with Gasteiger partial charge in [0.1, 0.15) is 11.9 Å². The van der Waals surface area contributed by atoms with Gasteiger partial charge in [0.05, 0.1) is 5.56 Å². The molecule has 0 amide bonds. The predicted molar refractivity (Wildman–Crippen MR) is 79.6 cm³/mol. The van der Waals surface area contributed by atoms with Crippen LogP contribution in [0.5, 0.6) is 0 Å². The molecule has 3 rings (SSSR count). The maximum atomic E-state index is 8.89. The van der Waals surface area contributed by atoms with Crippen LogP contribution in [0.15, 0.2) is 18.3 Å². The monoisotopic (exact) mass is 270 g/mol. The minimum absolute atomic E-state index is 0.592. The quantitative estimate of drug-likeness (QED) is 0.913. The molecule has 0 aromatic carbocycles. The third-order valence-corrected chi connectivity index (χ3v) is 4.52. The summed E-state index contributed by atoms with van der Waals surface area (Å²) in [6, 6.07) is 7.99. The molecule has 2 unspecified atom stereocenters. The molecular weight excluding hydrogens is 248 g/mol. The van der Waals surface area contributed by atoms with Gasteiger partial charge in [-0.15, -0.1) is 0 Å². The average molecular weight is 270 g/mol. The van der Waals surface area contributed by atoms with E-state index >= 15 is 0 Å². The number of pyridine rings is 1. The Bertz CT molecular complexity index is 478. The van der Waals surface area contributed by atoms with Crippen molar-refractivity contribution in [3.63, 3.8) is 0 Å². The minimum atomic E-state index is 0.592. The van der Waals surface area contributed by atoms with Gasteiger partial charge in [-0.25, -0.2) is 4.98 Å². The van der Waals surface area contributed by atoms with Crippen LogP contribution in [0.25, 0.3) is 0 Å². The van der Waals surface area contributed by atoms with Gasteiger partial charge in [-0.3, -0.25) is 0 Å². The van der Waals surface area contributed by atoms with Crippen molar-refractivity contribution in [2.45, 2.75) is 57.2 Å². The fourth-order valence-corrected chi connectivity index (χ4v) is 3.63. The Hall–Kier alpha value is -1.60. The van der Waals surface area contributed by atoms with E-state index in [1.807, 2.05) is 12.1 Å². The van der Waals surface area contributed by atoms with Crippen molar-refractivity contribution >= 4 is 5.82 Å². The SMILES string of the molecule is CCCN(c1ccc(C#N)cn1)C1CC2CCC(C1)N2. The number of aromatic nitrogens is 1. The topological polar surface area (TPSA) is 52.0 Å². The van der Waals surface area contributed by atoms with Crippen molar-refractivity contribution in [1.82, 2.24) is 10.3 Å². The summed E-state index contributed by atoms with van der Waals surface area (Å²) in [7, 11) is 0. The van der Waals surface area contributed by atoms with Crippen molar-refractivity contribution < 1.29 is 0 Å². The number of fused-ring (bicyclic) bond motifs is 2. The fraction of sp³-hybridized carbons (Fsp3) is 0.625. The smallest absolute Gasteiger partial charge is 0.128 e. The highest BCUT2D eigenvalue weighted by molar-refractivity contribution is 5.43. The number of piperidine rings is 1. The lowest BCUT2D eigenvalue weighted by Gasteiger charge is -2.38. The molecule has 3 heterocycles. The van der Waals surface area contributed by atoms with Crippen molar-refractivity contribution in [2.24, 2.45) is 0 Å². The Morgan fingerprint density at radius 3 is 2.65 bits per heavy atom. The van der Waals surface area contributed by atoms with Crippen molar-refractivity contribution in [1.29, 1.82) is 5.26 Å². The second-order valence-corrected chi connectivity index (χ2v) is 5.97. The standard InChI is InChI=1S/C16H22N4/c1-2-7-20(16-6-3-12(10-17)11-18-16)15-8-13-4-5-14(9-15)19-13/h3,6,11,13-15,19H,2,4-5,7-9H2,1H3. The van der Waals surface area contributed by atoms with Gasteiger partial charge in [-0.1, -0.05) is 6.92 Å². The van der Waals surface area contributed by atoms with Gasteiger partial charge in [0.2, 0.25) is 0 Å². The highest BCUT2D eigenvalue weighted by Gasteiger charge is 2.36. The molecule has 2 fully saturated rings. The van der Waals surface area contributed by atoms with Crippen molar-refractivity contribution in [2.75, 3.05) is 11.4 Å². The van der Waals surface area contributed by atoms with E-state index in [4.69, 9.17) is 5.26 Å². The molecule has 0 spiro atoms. The molecule has 4 nitrogen and oxygen atoms in total. The Morgan fingerprint density at radius 1 is 1.35 bits per heavy atom. The highest BCUT2D eigenvalue weighted by atomic mass is 15.2. The van der Waals surface area contributed by atoms with Crippen molar-refractivity contribution in [3.05, 3.63) is 23.9 Å². The molecule has 1 N–H and O–H groups in total. The summed E-state index contributed by atoms with van der Waals surface area (Å²) in [4.78, 5) is 6.95. The number of hydrogen-bond acceptors (Lipinski definition) is 4. The molecule has 2 saturated heterocycles. The Labute approximate surface area is 120 Å². The van der Waals surface area contributed by atoms with Crippen LogP contribution in [-0.2, 0) is 0 Å². The van der Waals surface area contributed by atoms with E-state index in [2.05, 4.69) is 28.2 Å². The van der Waals surface area contributed by atoms with Crippen LogP contribution < -0.4 is 10.2 Å². The molecular formula is C16H22N4. The largest absolute Gasteiger partial charge is 0.354 e. The fourth-order valence-electron chi connectivity index (χ4n) is 3.63. The summed E-state index contributed by atoms with van der Waals surface area (Å²) in [5.74, 6) is 1.03. The first-order valence-corrected chi connectivity index (χ1v) is 7.69. The van der Waals surface area contributed by atoms with E-state index in [1.54, 1.807) is 6.20 Å². The second-order valence-electron chi connectivity index (χ2n) is 5.97. The third-order valence-electron chi connectivity index (χ3n) is 4.52. The molecule has 20 heavy (non-hydrogen) atoms. The van der Waals surface area contributed by atoms with Crippen LogP contribution in [0.2, 0.25) is 0 Å². The molecule has 0 saturated carbocycles. The summed E-state index contributed by atoms with van der Waals surface area (Å²) in [5.41, 5.74) is 0.635. The molecule has 0 radical (unpaired) electrons. The lowest BCUT2D eigenvalue weighted by atomic mass is 9.98. The zero-order valence-corrected chi connectivity index (χ0v) is 12.0. The number of rotatable bonds is 4. The number of nitrogens with zero attached hydrogens (tertiary/aromatic N) is 3. The van der Waals surface area contributed by atoms with Crippen LogP contribution in [0, 0.1) is 11.3 Å². The summed E-state index contributed by atoms with van der Waals surface area (Å²) in [5, 5.41) is 12.6. The Balaban J connectivity index is 1.79. The zero-order chi connectivity index (χ0) is 13.9. The van der Waals surface area contributed by atoms with E-state index < -0.39 is 0 Å². The first kappa shape index (κ1) is 13.4. The average Bonchev–Trinajstić information content (AvgIpc) is 2.83. The third kappa shape index (κ3) is 2.64. The van der Waals surface area contributed by atoms with E-state index in [0.29, 0.717) is 23.7 Å². The van der Waals surface area contributed by atoms with E-state index in [-0.39, 0.29) is 0 Å². The molecule has 4 heteroatoms. The molecule has 2 atom stereocenters. The van der Waals surface area contributed by atoms with Gasteiger partial charge in [0.25, 0.3) is 0 Å². The summed E-state index contributed by atoms with van der Waals surface area (Å²) < 4.78 is 0. The second kappa shape index (κ2) is 5.80. The first-order chi connectivity index (χ1) is 9.80. The van der Waals surface area contributed by atoms with Crippen LogP contribution in [0.3, 0.4) is 0 Å². The van der Waals surface area contributed by atoms with Gasteiger partial charge in [0.15, 0.2) is 0 Å². The minimum Gasteiger partial charge on any atom is -0.354 e. The molecule has 2 bridgehead atoms. The van der Waals surface area contributed by atoms with Gasteiger partial charge < -0.3 is 10.2 Å². The van der Waals surface area contributed by atoms with E-state index in [0.717, 1.165) is 18.8 Å². The zero-order valence-electron chi connectivity index (χ0n) is 12.0. The maximum Gasteiger partial charge on any atom is 0.128 e. The molecule has 1 aromatic rings. The summed E-state index contributed by atoms with van der Waals surface area (Å²) in [6.07, 6.45) is 7.90. The molecule has 106 valence electrons. The maximum absolute atomic E-state index is 8.89. The van der Waals surface area contributed by atoms with Crippen molar-refractivity contribution in [3.8, 4) is 6.07 Å². The molecule has 2 aliphatic rings. The van der Waals surface area contributed by atoms with E-state index in [1.165, 1.54) is 25.7 Å². The lowest BCUT2D eigenvalue weighted by Crippen LogP contribution is -2.48. The van der Waals surface area contributed by atoms with Crippen LogP contribution in [0.4, 0.5) is 5.82 Å². The Kier molecular flexibility index (Phi) is 3.88. The first-order valence-electron chi connectivity index (χ1n) is 7.69.